The molecule has 1 aliphatic rings. The van der Waals surface area contributed by atoms with E-state index in [1.54, 1.807) is 4.57 Å². The highest BCUT2D eigenvalue weighted by Gasteiger charge is 2.25. The fourth-order valence-electron chi connectivity index (χ4n) is 2.03. The summed E-state index contributed by atoms with van der Waals surface area (Å²) >= 11 is 0. The maximum Gasteiger partial charge on any atom is 0.355 e. The zero-order valence-electron chi connectivity index (χ0n) is 11.0. The molecule has 1 saturated heterocycles. The molecular weight excluding hydrogens is 306 g/mol. The van der Waals surface area contributed by atoms with Gasteiger partial charge in [0.15, 0.2) is 0 Å². The highest BCUT2D eigenvalue weighted by molar-refractivity contribution is 8.13. The second-order valence-corrected chi connectivity index (χ2v) is 7.15. The van der Waals surface area contributed by atoms with E-state index in [1.807, 2.05) is 6.92 Å². The predicted octanol–water partition coefficient (Wildman–Crippen LogP) is 1.77. The van der Waals surface area contributed by atoms with Crippen molar-refractivity contribution >= 4 is 25.7 Å². The van der Waals surface area contributed by atoms with Crippen molar-refractivity contribution in [2.75, 3.05) is 13.2 Å². The Morgan fingerprint density at radius 3 is 2.90 bits per heavy atom. The summed E-state index contributed by atoms with van der Waals surface area (Å²) in [4.78, 5) is 12.0. The van der Waals surface area contributed by atoms with E-state index in [1.165, 1.54) is 12.3 Å². The number of halogens is 1. The van der Waals surface area contributed by atoms with Crippen molar-refractivity contribution in [1.29, 1.82) is 0 Å². The number of aryl methyl sites for hydroxylation is 1. The standard InChI is InChI=1S/C12H16ClNO5S/c1-2-4-14-7-10(20(13,16)17)6-11(14)12(15)19-9-3-5-18-8-9/h6-7,9H,2-5,8H2,1H3. The number of ether oxygens (including phenoxy) is 2. The number of rotatable bonds is 5. The first kappa shape index (κ1) is 15.3. The molecular formula is C12H16ClNO5S. The molecule has 0 amide bonds. The second kappa shape index (κ2) is 6.15. The molecule has 0 bridgehead atoms. The molecule has 0 saturated carbocycles. The molecule has 112 valence electrons. The van der Waals surface area contributed by atoms with E-state index in [-0.39, 0.29) is 16.7 Å². The smallest absolute Gasteiger partial charge is 0.355 e. The Morgan fingerprint density at radius 2 is 2.35 bits per heavy atom. The molecule has 1 atom stereocenters. The maximum absolute atomic E-state index is 12.1. The van der Waals surface area contributed by atoms with Gasteiger partial charge < -0.3 is 14.0 Å². The topological polar surface area (TPSA) is 74.6 Å². The van der Waals surface area contributed by atoms with E-state index in [0.717, 1.165) is 6.42 Å². The van der Waals surface area contributed by atoms with Gasteiger partial charge in [0.2, 0.25) is 0 Å². The summed E-state index contributed by atoms with van der Waals surface area (Å²) < 4.78 is 34.7. The number of esters is 1. The zero-order chi connectivity index (χ0) is 14.8. The molecule has 1 fully saturated rings. The Bertz CT molecular complexity index is 589. The molecule has 1 aliphatic heterocycles. The number of nitrogens with zero attached hydrogens (tertiary/aromatic N) is 1. The van der Waals surface area contributed by atoms with E-state index in [2.05, 4.69) is 0 Å². The molecule has 0 aromatic carbocycles. The van der Waals surface area contributed by atoms with Crippen LogP contribution in [0.1, 0.15) is 30.3 Å². The van der Waals surface area contributed by atoms with Gasteiger partial charge in [-0.25, -0.2) is 13.2 Å². The lowest BCUT2D eigenvalue weighted by Crippen LogP contribution is -2.20. The molecule has 2 rings (SSSR count). The summed E-state index contributed by atoms with van der Waals surface area (Å²) in [5.41, 5.74) is 0.193. The van der Waals surface area contributed by atoms with Gasteiger partial charge in [-0.15, -0.1) is 0 Å². The molecule has 2 heterocycles. The first-order valence-electron chi connectivity index (χ1n) is 6.35. The van der Waals surface area contributed by atoms with Crippen LogP contribution in [0.4, 0.5) is 0 Å². The van der Waals surface area contributed by atoms with E-state index in [0.29, 0.717) is 26.2 Å². The molecule has 0 N–H and O–H groups in total. The van der Waals surface area contributed by atoms with Gasteiger partial charge in [0.25, 0.3) is 9.05 Å². The summed E-state index contributed by atoms with van der Waals surface area (Å²) in [6.45, 7) is 3.38. The highest BCUT2D eigenvalue weighted by Crippen LogP contribution is 2.21. The molecule has 20 heavy (non-hydrogen) atoms. The molecule has 8 heteroatoms. The number of hydrogen-bond acceptors (Lipinski definition) is 5. The van der Waals surface area contributed by atoms with Gasteiger partial charge in [0.05, 0.1) is 13.2 Å². The van der Waals surface area contributed by atoms with Crippen molar-refractivity contribution < 1.29 is 22.7 Å². The van der Waals surface area contributed by atoms with Crippen molar-refractivity contribution in [1.82, 2.24) is 4.57 Å². The minimum atomic E-state index is -3.86. The van der Waals surface area contributed by atoms with Crippen molar-refractivity contribution in [2.45, 2.75) is 37.3 Å². The average Bonchev–Trinajstić information content (AvgIpc) is 2.97. The number of hydrogen-bond donors (Lipinski definition) is 0. The van der Waals surface area contributed by atoms with Crippen LogP contribution in [0.2, 0.25) is 0 Å². The minimum Gasteiger partial charge on any atom is -0.455 e. The van der Waals surface area contributed by atoms with Crippen molar-refractivity contribution in [3.8, 4) is 0 Å². The first-order valence-corrected chi connectivity index (χ1v) is 8.66. The number of carbonyl (C=O) groups is 1. The van der Waals surface area contributed by atoms with Gasteiger partial charge in [-0.3, -0.25) is 0 Å². The van der Waals surface area contributed by atoms with E-state index < -0.39 is 15.0 Å². The lowest BCUT2D eigenvalue weighted by molar-refractivity contribution is 0.0258. The summed E-state index contributed by atoms with van der Waals surface area (Å²) in [6.07, 6.45) is 2.49. The Hall–Kier alpha value is -1.05. The third-order valence-electron chi connectivity index (χ3n) is 2.99. The average molecular weight is 322 g/mol. The highest BCUT2D eigenvalue weighted by atomic mass is 35.7. The molecule has 0 spiro atoms. The largest absolute Gasteiger partial charge is 0.455 e. The van der Waals surface area contributed by atoms with Gasteiger partial charge in [-0.1, -0.05) is 6.92 Å². The van der Waals surface area contributed by atoms with Crippen molar-refractivity contribution in [3.63, 3.8) is 0 Å². The summed E-state index contributed by atoms with van der Waals surface area (Å²) in [5.74, 6) is -0.555. The molecule has 0 radical (unpaired) electrons. The lowest BCUT2D eigenvalue weighted by Gasteiger charge is -2.11. The number of carbonyl (C=O) groups excluding carboxylic acids is 1. The summed E-state index contributed by atoms with van der Waals surface area (Å²) in [7, 11) is 1.44. The quantitative estimate of drug-likeness (QED) is 0.610. The van der Waals surface area contributed by atoms with E-state index in [4.69, 9.17) is 20.2 Å². The van der Waals surface area contributed by atoms with E-state index >= 15 is 0 Å². The van der Waals surface area contributed by atoms with Crippen LogP contribution in [-0.4, -0.2) is 38.3 Å². The summed E-state index contributed by atoms with van der Waals surface area (Å²) in [6, 6.07) is 1.25. The molecule has 0 aliphatic carbocycles. The summed E-state index contributed by atoms with van der Waals surface area (Å²) in [5, 5.41) is 0. The molecule has 6 nitrogen and oxygen atoms in total. The second-order valence-electron chi connectivity index (χ2n) is 4.58. The SMILES string of the molecule is CCCn1cc(S(=O)(=O)Cl)cc1C(=O)OC1CCOC1. The Labute approximate surface area is 122 Å². The maximum atomic E-state index is 12.1. The van der Waals surface area contributed by atoms with Crippen LogP contribution >= 0.6 is 10.7 Å². The monoisotopic (exact) mass is 321 g/mol. The lowest BCUT2D eigenvalue weighted by atomic mass is 10.3. The van der Waals surface area contributed by atoms with Gasteiger partial charge in [-0.05, 0) is 12.5 Å². The third kappa shape index (κ3) is 3.53. The van der Waals surface area contributed by atoms with Crippen molar-refractivity contribution in [2.24, 2.45) is 0 Å². The minimum absolute atomic E-state index is 0.0951. The van der Waals surface area contributed by atoms with Gasteiger partial charge in [-0.2, -0.15) is 0 Å². The fourth-order valence-corrected chi connectivity index (χ4v) is 2.79. The van der Waals surface area contributed by atoms with Crippen LogP contribution in [0.5, 0.6) is 0 Å². The van der Waals surface area contributed by atoms with E-state index in [9.17, 15) is 13.2 Å². The van der Waals surface area contributed by atoms with Crippen LogP contribution in [-0.2, 0) is 25.1 Å². The van der Waals surface area contributed by atoms with Crippen LogP contribution in [0.3, 0.4) is 0 Å². The van der Waals surface area contributed by atoms with Crippen LogP contribution < -0.4 is 0 Å². The number of aromatic nitrogens is 1. The van der Waals surface area contributed by atoms with Gasteiger partial charge in [0, 0.05) is 29.8 Å². The van der Waals surface area contributed by atoms with Gasteiger partial charge in [0.1, 0.15) is 16.7 Å². The Kier molecular flexibility index (Phi) is 4.72. The predicted molar refractivity (Wildman–Crippen MR) is 72.4 cm³/mol. The van der Waals surface area contributed by atoms with Crippen LogP contribution in [0.25, 0.3) is 0 Å². The molecule has 1 aromatic rings. The first-order chi connectivity index (χ1) is 9.41. The van der Waals surface area contributed by atoms with Crippen molar-refractivity contribution in [3.05, 3.63) is 18.0 Å². The normalized spacial score (nSPS) is 19.2. The molecule has 1 aromatic heterocycles. The van der Waals surface area contributed by atoms with Gasteiger partial charge >= 0.3 is 5.97 Å². The molecule has 1 unspecified atom stereocenters. The zero-order valence-corrected chi connectivity index (χ0v) is 12.6. The van der Waals surface area contributed by atoms with Crippen LogP contribution in [0.15, 0.2) is 17.2 Å². The Balaban J connectivity index is 2.23. The van der Waals surface area contributed by atoms with Crippen LogP contribution in [0, 0.1) is 0 Å². The fraction of sp³-hybridized carbons (Fsp3) is 0.583. The Morgan fingerprint density at radius 1 is 1.60 bits per heavy atom. The third-order valence-corrected chi connectivity index (χ3v) is 4.31.